The van der Waals surface area contributed by atoms with Crippen LogP contribution in [0.5, 0.6) is 0 Å². The van der Waals surface area contributed by atoms with Crippen LogP contribution < -0.4 is 0 Å². The minimum absolute atomic E-state index is 0.509. The summed E-state index contributed by atoms with van der Waals surface area (Å²) in [6.07, 6.45) is -3.01. The summed E-state index contributed by atoms with van der Waals surface area (Å²) in [4.78, 5) is 0. The van der Waals surface area contributed by atoms with Crippen molar-refractivity contribution in [3.05, 3.63) is 11.1 Å². The molecule has 0 aromatic heterocycles. The molecule has 4 N–H and O–H groups in total. The van der Waals surface area contributed by atoms with E-state index in [2.05, 4.69) is 0 Å². The molecule has 4 atom stereocenters. The summed E-state index contributed by atoms with van der Waals surface area (Å²) in [5.74, 6) is 0. The first kappa shape index (κ1) is 17.6. The molecular formula is C14H28O4. The Bertz CT molecular complexity index is 294. The van der Waals surface area contributed by atoms with Crippen molar-refractivity contribution in [2.75, 3.05) is 0 Å². The third kappa shape index (κ3) is 3.79. The molecule has 0 aliphatic carbocycles. The predicted octanol–water partition coefficient (Wildman–Crippen LogP) is 1.22. The lowest BCUT2D eigenvalue weighted by Crippen LogP contribution is -2.47. The fourth-order valence-electron chi connectivity index (χ4n) is 1.93. The van der Waals surface area contributed by atoms with Crippen LogP contribution in [0.1, 0.15) is 48.0 Å². The highest BCUT2D eigenvalue weighted by molar-refractivity contribution is 5.19. The fraction of sp³-hybridized carbons (Fsp3) is 0.857. The Morgan fingerprint density at radius 3 is 1.78 bits per heavy atom. The van der Waals surface area contributed by atoms with Crippen LogP contribution in [-0.4, -0.2) is 44.8 Å². The van der Waals surface area contributed by atoms with E-state index in [9.17, 15) is 20.4 Å². The highest BCUT2D eigenvalue weighted by atomic mass is 16.3. The minimum atomic E-state index is -1.09. The zero-order valence-electron chi connectivity index (χ0n) is 12.3. The molecule has 0 saturated heterocycles. The molecule has 0 aliphatic rings. The van der Waals surface area contributed by atoms with E-state index in [1.54, 1.807) is 34.6 Å². The Kier molecular flexibility index (Phi) is 6.51. The predicted molar refractivity (Wildman–Crippen MR) is 72.1 cm³/mol. The van der Waals surface area contributed by atoms with Crippen LogP contribution in [0.4, 0.5) is 0 Å². The van der Waals surface area contributed by atoms with Crippen molar-refractivity contribution in [1.29, 1.82) is 0 Å². The van der Waals surface area contributed by atoms with Gasteiger partial charge >= 0.3 is 0 Å². The molecule has 0 heterocycles. The quantitative estimate of drug-likeness (QED) is 0.541. The van der Waals surface area contributed by atoms with E-state index in [4.69, 9.17) is 0 Å². The van der Waals surface area contributed by atoms with E-state index < -0.39 is 29.8 Å². The molecule has 0 rings (SSSR count). The summed E-state index contributed by atoms with van der Waals surface area (Å²) in [6.45, 7) is 10.3. The highest BCUT2D eigenvalue weighted by Crippen LogP contribution is 2.32. The van der Waals surface area contributed by atoms with Crippen LogP contribution in [0.25, 0.3) is 0 Å². The first-order chi connectivity index (χ1) is 8.07. The lowest BCUT2D eigenvalue weighted by Gasteiger charge is -2.38. The molecule has 0 spiro atoms. The van der Waals surface area contributed by atoms with Gasteiger partial charge in [0, 0.05) is 5.41 Å². The summed E-state index contributed by atoms with van der Waals surface area (Å²) in [7, 11) is 0. The monoisotopic (exact) mass is 260 g/mol. The average molecular weight is 260 g/mol. The summed E-state index contributed by atoms with van der Waals surface area (Å²) in [5, 5.41) is 39.8. The van der Waals surface area contributed by atoms with E-state index in [0.29, 0.717) is 17.6 Å². The van der Waals surface area contributed by atoms with Crippen LogP contribution in [-0.2, 0) is 0 Å². The molecular weight excluding hydrogens is 232 g/mol. The van der Waals surface area contributed by atoms with Gasteiger partial charge in [0.2, 0.25) is 0 Å². The molecule has 4 heteroatoms. The highest BCUT2D eigenvalue weighted by Gasteiger charge is 2.39. The Labute approximate surface area is 110 Å². The first-order valence-corrected chi connectivity index (χ1v) is 6.46. The maximum absolute atomic E-state index is 10.2. The van der Waals surface area contributed by atoms with E-state index >= 15 is 0 Å². The van der Waals surface area contributed by atoms with E-state index in [0.717, 1.165) is 0 Å². The molecule has 4 nitrogen and oxygen atoms in total. The lowest BCUT2D eigenvalue weighted by atomic mass is 9.75. The number of hydrogen-bond donors (Lipinski definition) is 4. The third-order valence-electron chi connectivity index (χ3n) is 4.00. The van der Waals surface area contributed by atoms with E-state index in [1.807, 2.05) is 6.92 Å². The molecule has 0 aromatic rings. The van der Waals surface area contributed by atoms with Gasteiger partial charge in [0.1, 0.15) is 6.10 Å². The van der Waals surface area contributed by atoms with Crippen LogP contribution in [0.15, 0.2) is 11.1 Å². The van der Waals surface area contributed by atoms with Gasteiger partial charge in [-0.25, -0.2) is 0 Å². The maximum Gasteiger partial charge on any atom is 0.102 e. The molecule has 0 bridgehead atoms. The van der Waals surface area contributed by atoms with Gasteiger partial charge in [-0.15, -0.1) is 0 Å². The molecule has 0 saturated carbocycles. The van der Waals surface area contributed by atoms with Crippen LogP contribution in [0.2, 0.25) is 0 Å². The molecule has 0 aromatic carbocycles. The van der Waals surface area contributed by atoms with Gasteiger partial charge in [-0.05, 0) is 38.3 Å². The summed E-state index contributed by atoms with van der Waals surface area (Å²) in [5.41, 5.74) is 0.381. The van der Waals surface area contributed by atoms with E-state index in [-0.39, 0.29) is 0 Å². The largest absolute Gasteiger partial charge is 0.392 e. The van der Waals surface area contributed by atoms with Crippen molar-refractivity contribution >= 4 is 0 Å². The standard InChI is InChI=1S/C14H28O4/c1-7-11(16)14(5,6)13(18)12(17)9(3)8(2)10(4)15/h10-13,15-18H,7H2,1-6H3/b9-8+/t10-,11-,12-,13-/m0/s1. The molecule has 0 amide bonds. The van der Waals surface area contributed by atoms with Crippen molar-refractivity contribution in [1.82, 2.24) is 0 Å². The number of aliphatic hydroxyl groups is 4. The second-order valence-electron chi connectivity index (χ2n) is 5.68. The average Bonchev–Trinajstić information content (AvgIpc) is 2.33. The van der Waals surface area contributed by atoms with Crippen molar-refractivity contribution in [2.24, 2.45) is 5.41 Å². The molecule has 0 fully saturated rings. The van der Waals surface area contributed by atoms with Crippen LogP contribution in [0, 0.1) is 5.41 Å². The van der Waals surface area contributed by atoms with Crippen LogP contribution in [0.3, 0.4) is 0 Å². The van der Waals surface area contributed by atoms with Gasteiger partial charge in [0.25, 0.3) is 0 Å². The molecule has 108 valence electrons. The Balaban J connectivity index is 5.12. The van der Waals surface area contributed by atoms with Gasteiger partial charge < -0.3 is 20.4 Å². The van der Waals surface area contributed by atoms with Gasteiger partial charge in [0.15, 0.2) is 0 Å². The fourth-order valence-corrected chi connectivity index (χ4v) is 1.93. The Morgan fingerprint density at radius 2 is 1.44 bits per heavy atom. The smallest absolute Gasteiger partial charge is 0.102 e. The van der Waals surface area contributed by atoms with Gasteiger partial charge in [-0.3, -0.25) is 0 Å². The summed E-state index contributed by atoms with van der Waals surface area (Å²) < 4.78 is 0. The lowest BCUT2D eigenvalue weighted by molar-refractivity contribution is -0.0929. The van der Waals surface area contributed by atoms with Gasteiger partial charge in [-0.2, -0.15) is 0 Å². The van der Waals surface area contributed by atoms with Crippen molar-refractivity contribution < 1.29 is 20.4 Å². The summed E-state index contributed by atoms with van der Waals surface area (Å²) in [6, 6.07) is 0. The number of hydrogen-bond acceptors (Lipinski definition) is 4. The number of rotatable bonds is 6. The van der Waals surface area contributed by atoms with Crippen molar-refractivity contribution in [3.8, 4) is 0 Å². The Morgan fingerprint density at radius 1 is 1.00 bits per heavy atom. The SMILES string of the molecule is CC[C@H](O)C(C)(C)[C@@H](O)[C@@H](O)/C(C)=C(\C)[C@H](C)O. The normalized spacial score (nSPS) is 21.0. The Hall–Kier alpha value is -0.420. The maximum atomic E-state index is 10.2. The number of aliphatic hydroxyl groups excluding tert-OH is 4. The second-order valence-corrected chi connectivity index (χ2v) is 5.68. The van der Waals surface area contributed by atoms with Crippen molar-refractivity contribution in [2.45, 2.75) is 72.4 Å². The minimum Gasteiger partial charge on any atom is -0.392 e. The second kappa shape index (κ2) is 6.66. The van der Waals surface area contributed by atoms with Gasteiger partial charge in [0.05, 0.1) is 18.3 Å². The summed E-state index contributed by atoms with van der Waals surface area (Å²) >= 11 is 0. The zero-order valence-corrected chi connectivity index (χ0v) is 12.3. The topological polar surface area (TPSA) is 80.9 Å². The molecule has 0 aliphatic heterocycles. The van der Waals surface area contributed by atoms with Gasteiger partial charge in [-0.1, -0.05) is 20.8 Å². The zero-order chi connectivity index (χ0) is 14.7. The molecule has 0 unspecified atom stereocenters. The third-order valence-corrected chi connectivity index (χ3v) is 4.00. The van der Waals surface area contributed by atoms with Crippen LogP contribution >= 0.6 is 0 Å². The van der Waals surface area contributed by atoms with E-state index in [1.165, 1.54) is 0 Å². The molecule has 18 heavy (non-hydrogen) atoms. The molecule has 0 radical (unpaired) electrons. The first-order valence-electron chi connectivity index (χ1n) is 6.46. The van der Waals surface area contributed by atoms with Crippen molar-refractivity contribution in [3.63, 3.8) is 0 Å².